The third-order valence-electron chi connectivity index (χ3n) is 3.93. The molecule has 0 aromatic heterocycles. The van der Waals surface area contributed by atoms with Gasteiger partial charge in [-0.05, 0) is 55.3 Å². The van der Waals surface area contributed by atoms with Crippen LogP contribution in [-0.2, 0) is 10.0 Å². The van der Waals surface area contributed by atoms with E-state index < -0.39 is 27.8 Å². The number of anilines is 1. The predicted molar refractivity (Wildman–Crippen MR) is 81.6 cm³/mol. The summed E-state index contributed by atoms with van der Waals surface area (Å²) in [5.74, 6) is -1.06. The van der Waals surface area contributed by atoms with Crippen molar-refractivity contribution in [3.8, 4) is 0 Å². The highest BCUT2D eigenvalue weighted by molar-refractivity contribution is 7.92. The maximum absolute atomic E-state index is 13.4. The number of aliphatic hydroxyl groups is 1. The lowest BCUT2D eigenvalue weighted by atomic mass is 10.0. The Morgan fingerprint density at radius 1 is 1.13 bits per heavy atom. The van der Waals surface area contributed by atoms with Gasteiger partial charge in [0.2, 0.25) is 0 Å². The van der Waals surface area contributed by atoms with Crippen molar-refractivity contribution in [1.82, 2.24) is 0 Å². The van der Waals surface area contributed by atoms with Crippen molar-refractivity contribution in [2.24, 2.45) is 0 Å². The van der Waals surface area contributed by atoms with E-state index in [0.29, 0.717) is 5.56 Å². The molecule has 4 nitrogen and oxygen atoms in total. The average Bonchev–Trinajstić information content (AvgIpc) is 2.47. The summed E-state index contributed by atoms with van der Waals surface area (Å²) in [4.78, 5) is -0.00874. The van der Waals surface area contributed by atoms with E-state index in [9.17, 15) is 22.3 Å². The largest absolute Gasteiger partial charge is 0.388 e. The van der Waals surface area contributed by atoms with Gasteiger partial charge in [-0.3, -0.25) is 4.31 Å². The number of aryl methyl sites for hydroxylation is 1. The zero-order chi connectivity index (χ0) is 16.8. The smallest absolute Gasteiger partial charge is 0.264 e. The van der Waals surface area contributed by atoms with Crippen LogP contribution in [0.2, 0.25) is 0 Å². The van der Waals surface area contributed by atoms with Gasteiger partial charge in [-0.2, -0.15) is 0 Å². The van der Waals surface area contributed by atoms with E-state index in [0.717, 1.165) is 28.6 Å². The number of aliphatic hydroxyl groups excluding tert-OH is 1. The molecule has 0 amide bonds. The van der Waals surface area contributed by atoms with Crippen LogP contribution < -0.4 is 4.31 Å². The zero-order valence-corrected chi connectivity index (χ0v) is 13.1. The summed E-state index contributed by atoms with van der Waals surface area (Å²) in [6.07, 6.45) is -0.753. The molecule has 0 spiro atoms. The minimum Gasteiger partial charge on any atom is -0.388 e. The lowest BCUT2D eigenvalue weighted by Gasteiger charge is -2.33. The molecule has 1 N–H and O–H groups in total. The first-order chi connectivity index (χ1) is 10.8. The molecule has 1 unspecified atom stereocenters. The standard InChI is InChI=1S/C16H15F2NO3S/c1-10-8-11(17)3-5-16(10)23(21,22)19-7-6-15(20)13-9-12(18)2-4-14(13)19/h2-5,8-9,15,20H,6-7H2,1H3. The van der Waals surface area contributed by atoms with Gasteiger partial charge in [0.25, 0.3) is 10.0 Å². The van der Waals surface area contributed by atoms with E-state index in [1.165, 1.54) is 19.1 Å². The second kappa shape index (κ2) is 5.58. The third kappa shape index (κ3) is 2.70. The summed E-state index contributed by atoms with van der Waals surface area (Å²) >= 11 is 0. The van der Waals surface area contributed by atoms with E-state index in [1.54, 1.807) is 0 Å². The highest BCUT2D eigenvalue weighted by atomic mass is 32.2. The topological polar surface area (TPSA) is 57.6 Å². The van der Waals surface area contributed by atoms with E-state index in [2.05, 4.69) is 0 Å². The number of sulfonamides is 1. The molecule has 1 aliphatic rings. The molecule has 0 saturated carbocycles. The second-order valence-electron chi connectivity index (χ2n) is 5.49. The molecule has 7 heteroatoms. The fourth-order valence-electron chi connectivity index (χ4n) is 2.81. The van der Waals surface area contributed by atoms with Gasteiger partial charge in [0.05, 0.1) is 16.7 Å². The van der Waals surface area contributed by atoms with Crippen molar-refractivity contribution in [3.05, 3.63) is 59.2 Å². The lowest BCUT2D eigenvalue weighted by Crippen LogP contribution is -2.37. The Morgan fingerprint density at radius 2 is 1.78 bits per heavy atom. The molecule has 0 saturated heterocycles. The molecule has 2 aromatic rings. The Hall–Kier alpha value is -1.99. The summed E-state index contributed by atoms with van der Waals surface area (Å²) in [5.41, 5.74) is 0.772. The van der Waals surface area contributed by atoms with Gasteiger partial charge >= 0.3 is 0 Å². The normalized spacial score (nSPS) is 17.9. The molecular weight excluding hydrogens is 324 g/mol. The van der Waals surface area contributed by atoms with E-state index in [1.807, 2.05) is 0 Å². The molecule has 0 aliphatic carbocycles. The van der Waals surface area contributed by atoms with Gasteiger partial charge in [-0.1, -0.05) is 0 Å². The van der Waals surface area contributed by atoms with Crippen LogP contribution in [0, 0.1) is 18.6 Å². The quantitative estimate of drug-likeness (QED) is 0.915. The number of benzene rings is 2. The maximum atomic E-state index is 13.4. The summed E-state index contributed by atoms with van der Waals surface area (Å²) < 4.78 is 53.6. The minimum absolute atomic E-state index is 0.00874. The van der Waals surface area contributed by atoms with E-state index in [-0.39, 0.29) is 29.1 Å². The molecule has 1 atom stereocenters. The fourth-order valence-corrected chi connectivity index (χ4v) is 4.52. The first-order valence-electron chi connectivity index (χ1n) is 7.07. The SMILES string of the molecule is Cc1cc(F)ccc1S(=O)(=O)N1CCC(O)c2cc(F)ccc21. The third-order valence-corrected chi connectivity index (χ3v) is 5.90. The van der Waals surface area contributed by atoms with Crippen LogP contribution in [0.5, 0.6) is 0 Å². The highest BCUT2D eigenvalue weighted by Crippen LogP contribution is 2.37. The maximum Gasteiger partial charge on any atom is 0.264 e. The van der Waals surface area contributed by atoms with E-state index >= 15 is 0 Å². The molecule has 1 aliphatic heterocycles. The number of rotatable bonds is 2. The zero-order valence-electron chi connectivity index (χ0n) is 12.3. The van der Waals surface area contributed by atoms with Crippen molar-refractivity contribution >= 4 is 15.7 Å². The Balaban J connectivity index is 2.13. The van der Waals surface area contributed by atoms with Crippen LogP contribution in [-0.4, -0.2) is 20.1 Å². The number of halogens is 2. The molecule has 23 heavy (non-hydrogen) atoms. The molecule has 1 heterocycles. The minimum atomic E-state index is -3.93. The van der Waals surface area contributed by atoms with Gasteiger partial charge in [0, 0.05) is 12.1 Å². The van der Waals surface area contributed by atoms with Gasteiger partial charge in [-0.15, -0.1) is 0 Å². The number of hydrogen-bond donors (Lipinski definition) is 1. The van der Waals surface area contributed by atoms with Crippen molar-refractivity contribution in [3.63, 3.8) is 0 Å². The van der Waals surface area contributed by atoms with Crippen LogP contribution >= 0.6 is 0 Å². The molecular formula is C16H15F2NO3S. The van der Waals surface area contributed by atoms with Crippen LogP contribution in [0.15, 0.2) is 41.3 Å². The predicted octanol–water partition coefficient (Wildman–Crippen LogP) is 2.91. The summed E-state index contributed by atoms with van der Waals surface area (Å²) in [6, 6.07) is 7.08. The molecule has 0 bridgehead atoms. The molecule has 0 fully saturated rings. The molecule has 3 rings (SSSR count). The Kier molecular flexibility index (Phi) is 3.85. The second-order valence-corrected chi connectivity index (χ2v) is 7.33. The number of fused-ring (bicyclic) bond motifs is 1. The van der Waals surface area contributed by atoms with E-state index in [4.69, 9.17) is 0 Å². The fraction of sp³-hybridized carbons (Fsp3) is 0.250. The molecule has 122 valence electrons. The first kappa shape index (κ1) is 15.9. The van der Waals surface area contributed by atoms with Gasteiger partial charge in [0.1, 0.15) is 11.6 Å². The van der Waals surface area contributed by atoms with Gasteiger partial charge < -0.3 is 5.11 Å². The van der Waals surface area contributed by atoms with Gasteiger partial charge in [0.15, 0.2) is 0 Å². The lowest BCUT2D eigenvalue weighted by molar-refractivity contribution is 0.166. The first-order valence-corrected chi connectivity index (χ1v) is 8.51. The Labute approximate surface area is 133 Å². The Morgan fingerprint density at radius 3 is 2.48 bits per heavy atom. The van der Waals surface area contributed by atoms with Gasteiger partial charge in [-0.25, -0.2) is 17.2 Å². The van der Waals surface area contributed by atoms with Crippen molar-refractivity contribution < 1.29 is 22.3 Å². The monoisotopic (exact) mass is 339 g/mol. The number of nitrogens with zero attached hydrogens (tertiary/aromatic N) is 1. The molecule has 2 aromatic carbocycles. The average molecular weight is 339 g/mol. The Bertz CT molecular complexity index is 868. The summed E-state index contributed by atoms with van der Waals surface area (Å²) in [6.45, 7) is 1.58. The summed E-state index contributed by atoms with van der Waals surface area (Å²) in [5, 5.41) is 9.99. The number of hydrogen-bond acceptors (Lipinski definition) is 3. The van der Waals surface area contributed by atoms with Crippen LogP contribution in [0.4, 0.5) is 14.5 Å². The van der Waals surface area contributed by atoms with Crippen LogP contribution in [0.25, 0.3) is 0 Å². The summed E-state index contributed by atoms with van der Waals surface area (Å²) in [7, 11) is -3.93. The van der Waals surface area contributed by atoms with Crippen molar-refractivity contribution in [1.29, 1.82) is 0 Å². The van der Waals surface area contributed by atoms with Crippen LogP contribution in [0.1, 0.15) is 23.7 Å². The van der Waals surface area contributed by atoms with Crippen molar-refractivity contribution in [2.75, 3.05) is 10.8 Å². The highest BCUT2D eigenvalue weighted by Gasteiger charge is 2.33. The van der Waals surface area contributed by atoms with Crippen LogP contribution in [0.3, 0.4) is 0 Å². The van der Waals surface area contributed by atoms with Crippen molar-refractivity contribution in [2.45, 2.75) is 24.3 Å². The molecule has 0 radical (unpaired) electrons.